The van der Waals surface area contributed by atoms with Gasteiger partial charge in [0.25, 0.3) is 0 Å². The van der Waals surface area contributed by atoms with Crippen molar-refractivity contribution in [3.8, 4) is 0 Å². The van der Waals surface area contributed by atoms with E-state index in [0.29, 0.717) is 12.1 Å². The van der Waals surface area contributed by atoms with Crippen LogP contribution in [0.4, 0.5) is 0 Å². The number of likely N-dealkylation sites (N-methyl/N-ethyl adjacent to an activating group) is 1. The number of nitrogens with zero attached hydrogens (tertiary/aromatic N) is 4. The van der Waals surface area contributed by atoms with Crippen LogP contribution in [0, 0.1) is 0 Å². The summed E-state index contributed by atoms with van der Waals surface area (Å²) in [5.74, 6) is 0.949. The van der Waals surface area contributed by atoms with Crippen LogP contribution in [0.2, 0.25) is 0 Å². The highest BCUT2D eigenvalue weighted by molar-refractivity contribution is 14.0. The molecular weight excluding hydrogens is 499 g/mol. The van der Waals surface area contributed by atoms with Gasteiger partial charge >= 0.3 is 0 Å². The monoisotopic (exact) mass is 542 g/mol. The molecule has 2 N–H and O–H groups in total. The first-order valence-electron chi connectivity index (χ1n) is 11.9. The Labute approximate surface area is 206 Å². The largest absolute Gasteiger partial charge is 0.356 e. The summed E-state index contributed by atoms with van der Waals surface area (Å²) >= 11 is 0. The van der Waals surface area contributed by atoms with E-state index in [1.165, 1.54) is 57.7 Å². The number of hydrogen-bond acceptors (Lipinski definition) is 4. The van der Waals surface area contributed by atoms with Crippen molar-refractivity contribution in [3.05, 3.63) is 35.9 Å². The zero-order valence-electron chi connectivity index (χ0n) is 19.7. The first-order valence-corrected chi connectivity index (χ1v) is 11.9. The molecular formula is C24H43IN6. The number of nitrogens with one attached hydrogen (secondary N) is 2. The summed E-state index contributed by atoms with van der Waals surface area (Å²) in [4.78, 5) is 12.2. The molecule has 1 aromatic rings. The van der Waals surface area contributed by atoms with E-state index in [0.717, 1.165) is 32.0 Å². The minimum atomic E-state index is 0. The van der Waals surface area contributed by atoms with Crippen molar-refractivity contribution < 1.29 is 0 Å². The SMILES string of the molecule is CCN1CCN(CCCCNC(=NC)NC2CC(C)N(Cc3ccccc3)C2)CC1.I. The molecule has 0 radical (unpaired) electrons. The van der Waals surface area contributed by atoms with E-state index in [1.807, 2.05) is 7.05 Å². The summed E-state index contributed by atoms with van der Waals surface area (Å²) in [6.45, 7) is 15.0. The van der Waals surface area contributed by atoms with Crippen molar-refractivity contribution in [2.45, 2.75) is 51.7 Å². The maximum atomic E-state index is 4.45. The highest BCUT2D eigenvalue weighted by Crippen LogP contribution is 2.20. The Balaban J connectivity index is 0.00000341. The molecule has 2 heterocycles. The van der Waals surface area contributed by atoms with Crippen molar-refractivity contribution >= 4 is 29.9 Å². The van der Waals surface area contributed by atoms with E-state index in [9.17, 15) is 0 Å². The summed E-state index contributed by atoms with van der Waals surface area (Å²) in [7, 11) is 1.88. The molecule has 0 amide bonds. The topological polar surface area (TPSA) is 46.1 Å². The lowest BCUT2D eigenvalue weighted by molar-refractivity contribution is 0.136. The lowest BCUT2D eigenvalue weighted by Gasteiger charge is -2.34. The quantitative estimate of drug-likeness (QED) is 0.218. The van der Waals surface area contributed by atoms with Crippen molar-refractivity contribution in [1.29, 1.82) is 0 Å². The number of benzene rings is 1. The Kier molecular flexibility index (Phi) is 12.1. The highest BCUT2D eigenvalue weighted by Gasteiger charge is 2.29. The number of likely N-dealkylation sites (tertiary alicyclic amines) is 1. The maximum absolute atomic E-state index is 4.45. The molecule has 176 valence electrons. The fourth-order valence-electron chi connectivity index (χ4n) is 4.63. The molecule has 7 heteroatoms. The van der Waals surface area contributed by atoms with Crippen LogP contribution in [0.3, 0.4) is 0 Å². The number of aliphatic imine (C=N–C) groups is 1. The van der Waals surface area contributed by atoms with Crippen LogP contribution in [0.1, 0.15) is 38.7 Å². The van der Waals surface area contributed by atoms with Gasteiger partial charge in [-0.15, -0.1) is 24.0 Å². The van der Waals surface area contributed by atoms with E-state index >= 15 is 0 Å². The van der Waals surface area contributed by atoms with E-state index in [1.54, 1.807) is 0 Å². The average Bonchev–Trinajstić information content (AvgIpc) is 3.12. The van der Waals surface area contributed by atoms with Crippen molar-refractivity contribution in [1.82, 2.24) is 25.3 Å². The number of guanidine groups is 1. The molecule has 6 nitrogen and oxygen atoms in total. The Hall–Kier alpha value is -0.900. The average molecular weight is 543 g/mol. The van der Waals surface area contributed by atoms with E-state index in [2.05, 4.69) is 74.5 Å². The molecule has 0 saturated carbocycles. The highest BCUT2D eigenvalue weighted by atomic mass is 127. The van der Waals surface area contributed by atoms with E-state index in [-0.39, 0.29) is 24.0 Å². The van der Waals surface area contributed by atoms with Gasteiger partial charge < -0.3 is 20.4 Å². The van der Waals surface area contributed by atoms with Gasteiger partial charge in [0.15, 0.2) is 5.96 Å². The lowest BCUT2D eigenvalue weighted by Crippen LogP contribution is -2.46. The van der Waals surface area contributed by atoms with Crippen LogP contribution >= 0.6 is 24.0 Å². The van der Waals surface area contributed by atoms with Crippen molar-refractivity contribution in [2.24, 2.45) is 4.99 Å². The second-order valence-corrected chi connectivity index (χ2v) is 8.82. The molecule has 1 aromatic carbocycles. The first-order chi connectivity index (χ1) is 14.7. The zero-order chi connectivity index (χ0) is 21.2. The van der Waals surface area contributed by atoms with Gasteiger partial charge in [-0.1, -0.05) is 37.3 Å². The van der Waals surface area contributed by atoms with Crippen LogP contribution in [0.15, 0.2) is 35.3 Å². The lowest BCUT2D eigenvalue weighted by atomic mass is 10.2. The molecule has 2 atom stereocenters. The third kappa shape index (κ3) is 8.86. The molecule has 3 rings (SSSR count). The molecule has 2 saturated heterocycles. The van der Waals surface area contributed by atoms with Gasteiger partial charge in [-0.25, -0.2) is 0 Å². The number of halogens is 1. The third-order valence-corrected chi connectivity index (χ3v) is 6.60. The molecule has 2 aliphatic rings. The second kappa shape index (κ2) is 14.3. The molecule has 2 aliphatic heterocycles. The third-order valence-electron chi connectivity index (χ3n) is 6.60. The van der Waals surface area contributed by atoms with Gasteiger partial charge in [0.2, 0.25) is 0 Å². The summed E-state index contributed by atoms with van der Waals surface area (Å²) < 4.78 is 0. The summed E-state index contributed by atoms with van der Waals surface area (Å²) in [5.41, 5.74) is 1.39. The van der Waals surface area contributed by atoms with Crippen LogP contribution in [0.25, 0.3) is 0 Å². The molecule has 0 bridgehead atoms. The van der Waals surface area contributed by atoms with Crippen LogP contribution in [-0.2, 0) is 6.54 Å². The van der Waals surface area contributed by atoms with Gasteiger partial charge in [-0.3, -0.25) is 9.89 Å². The van der Waals surface area contributed by atoms with Gasteiger partial charge in [0.05, 0.1) is 0 Å². The first kappa shape index (κ1) is 26.4. The fraction of sp³-hybridized carbons (Fsp3) is 0.708. The number of rotatable bonds is 9. The standard InChI is InChI=1S/C24H42N6.HI/c1-4-28-14-16-29(17-15-28)13-9-8-12-26-24(25-3)27-23-18-21(2)30(20-23)19-22-10-6-5-7-11-22;/h5-7,10-11,21,23H,4,8-9,12-20H2,1-3H3,(H2,25,26,27);1H. The minimum Gasteiger partial charge on any atom is -0.356 e. The van der Waals surface area contributed by atoms with Crippen LogP contribution in [0.5, 0.6) is 0 Å². The van der Waals surface area contributed by atoms with Crippen LogP contribution < -0.4 is 10.6 Å². The Bertz CT molecular complexity index is 632. The molecule has 0 aromatic heterocycles. The smallest absolute Gasteiger partial charge is 0.191 e. The number of hydrogen-bond donors (Lipinski definition) is 2. The molecule has 2 unspecified atom stereocenters. The van der Waals surface area contributed by atoms with Gasteiger partial charge in [-0.05, 0) is 44.8 Å². The summed E-state index contributed by atoms with van der Waals surface area (Å²) in [6.07, 6.45) is 3.61. The predicted octanol–water partition coefficient (Wildman–Crippen LogP) is 2.85. The van der Waals surface area contributed by atoms with Crippen molar-refractivity contribution in [2.75, 3.05) is 59.4 Å². The molecule has 0 spiro atoms. The molecule has 31 heavy (non-hydrogen) atoms. The summed E-state index contributed by atoms with van der Waals surface area (Å²) in [5, 5.41) is 7.17. The maximum Gasteiger partial charge on any atom is 0.191 e. The van der Waals surface area contributed by atoms with Gasteiger partial charge in [0.1, 0.15) is 0 Å². The number of piperazine rings is 1. The Morgan fingerprint density at radius 3 is 2.45 bits per heavy atom. The predicted molar refractivity (Wildman–Crippen MR) is 142 cm³/mol. The zero-order valence-corrected chi connectivity index (χ0v) is 22.1. The minimum absolute atomic E-state index is 0. The van der Waals surface area contributed by atoms with E-state index < -0.39 is 0 Å². The van der Waals surface area contributed by atoms with Gasteiger partial charge in [-0.2, -0.15) is 0 Å². The van der Waals surface area contributed by atoms with Crippen molar-refractivity contribution in [3.63, 3.8) is 0 Å². The van der Waals surface area contributed by atoms with Gasteiger partial charge in [0, 0.05) is 64.9 Å². The Morgan fingerprint density at radius 2 is 1.77 bits per heavy atom. The molecule has 0 aliphatic carbocycles. The summed E-state index contributed by atoms with van der Waals surface area (Å²) in [6, 6.07) is 11.8. The molecule has 2 fully saturated rings. The second-order valence-electron chi connectivity index (χ2n) is 8.82. The number of unbranched alkanes of at least 4 members (excludes halogenated alkanes) is 1. The normalized spacial score (nSPS) is 23.5. The van der Waals surface area contributed by atoms with E-state index in [4.69, 9.17) is 0 Å². The van der Waals surface area contributed by atoms with Crippen LogP contribution in [-0.4, -0.2) is 92.1 Å². The fourth-order valence-corrected chi connectivity index (χ4v) is 4.63. The Morgan fingerprint density at radius 1 is 1.06 bits per heavy atom.